The van der Waals surface area contributed by atoms with Crippen LogP contribution in [0.1, 0.15) is 59.3 Å². The summed E-state index contributed by atoms with van der Waals surface area (Å²) in [6, 6.07) is 2.17. The van der Waals surface area contributed by atoms with Crippen molar-refractivity contribution in [1.82, 2.24) is 15.1 Å². The summed E-state index contributed by atoms with van der Waals surface area (Å²) in [6.45, 7) is 10.9. The Morgan fingerprint density at radius 1 is 1.19 bits per heavy atom. The van der Waals surface area contributed by atoms with Crippen molar-refractivity contribution >= 4 is 0 Å². The van der Waals surface area contributed by atoms with Crippen molar-refractivity contribution in [3.8, 4) is 0 Å². The summed E-state index contributed by atoms with van der Waals surface area (Å²) >= 11 is 0. The zero-order valence-electron chi connectivity index (χ0n) is 15.0. The Morgan fingerprint density at radius 2 is 1.95 bits per heavy atom. The smallest absolute Gasteiger partial charge is 0.0274 e. The van der Waals surface area contributed by atoms with Crippen LogP contribution in [0.3, 0.4) is 0 Å². The van der Waals surface area contributed by atoms with Gasteiger partial charge in [-0.1, -0.05) is 27.2 Å². The van der Waals surface area contributed by atoms with Crippen LogP contribution in [-0.4, -0.2) is 61.7 Å². The Kier molecular flexibility index (Phi) is 6.10. The molecule has 0 aromatic rings. The average molecular weight is 296 g/mol. The lowest BCUT2D eigenvalue weighted by atomic mass is 9.70. The SMILES string of the molecule is CCCNC1C(N2CCCC2CN(C)C)CCCC1(C)C. The van der Waals surface area contributed by atoms with E-state index in [1.165, 1.54) is 51.6 Å². The van der Waals surface area contributed by atoms with Crippen molar-refractivity contribution in [2.45, 2.75) is 77.4 Å². The second kappa shape index (κ2) is 7.43. The molecule has 0 aromatic heterocycles. The Morgan fingerprint density at radius 3 is 2.62 bits per heavy atom. The van der Waals surface area contributed by atoms with E-state index >= 15 is 0 Å². The third kappa shape index (κ3) is 4.20. The van der Waals surface area contributed by atoms with Crippen molar-refractivity contribution in [2.24, 2.45) is 5.41 Å². The lowest BCUT2D eigenvalue weighted by Gasteiger charge is -2.49. The van der Waals surface area contributed by atoms with Crippen molar-refractivity contribution in [1.29, 1.82) is 0 Å². The average Bonchev–Trinajstić information content (AvgIpc) is 2.83. The zero-order chi connectivity index (χ0) is 15.5. The van der Waals surface area contributed by atoms with Gasteiger partial charge in [-0.2, -0.15) is 0 Å². The molecule has 1 N–H and O–H groups in total. The maximum atomic E-state index is 3.91. The van der Waals surface area contributed by atoms with Gasteiger partial charge in [-0.15, -0.1) is 0 Å². The fourth-order valence-electron chi connectivity index (χ4n) is 4.59. The highest BCUT2D eigenvalue weighted by atomic mass is 15.3. The van der Waals surface area contributed by atoms with Crippen LogP contribution < -0.4 is 5.32 Å². The van der Waals surface area contributed by atoms with Gasteiger partial charge in [0.25, 0.3) is 0 Å². The maximum absolute atomic E-state index is 3.91. The van der Waals surface area contributed by atoms with Gasteiger partial charge in [0.2, 0.25) is 0 Å². The third-order valence-corrected chi connectivity index (χ3v) is 5.59. The summed E-state index contributed by atoms with van der Waals surface area (Å²) in [7, 11) is 4.43. The summed E-state index contributed by atoms with van der Waals surface area (Å²) in [4.78, 5) is 5.22. The van der Waals surface area contributed by atoms with Gasteiger partial charge in [0, 0.05) is 24.7 Å². The minimum atomic E-state index is 0.434. The van der Waals surface area contributed by atoms with Gasteiger partial charge in [-0.25, -0.2) is 0 Å². The summed E-state index contributed by atoms with van der Waals surface area (Å²) in [5, 5.41) is 3.91. The highest BCUT2D eigenvalue weighted by Gasteiger charge is 2.43. The topological polar surface area (TPSA) is 18.5 Å². The molecule has 3 nitrogen and oxygen atoms in total. The Bertz CT molecular complexity index is 314. The van der Waals surface area contributed by atoms with Gasteiger partial charge in [0.1, 0.15) is 0 Å². The van der Waals surface area contributed by atoms with Crippen LogP contribution in [0.15, 0.2) is 0 Å². The molecule has 2 rings (SSSR count). The molecule has 3 heteroatoms. The number of nitrogens with one attached hydrogen (secondary N) is 1. The maximum Gasteiger partial charge on any atom is 0.0274 e. The highest BCUT2D eigenvalue weighted by Crippen LogP contribution is 2.39. The fraction of sp³-hybridized carbons (Fsp3) is 1.00. The Balaban J connectivity index is 2.10. The van der Waals surface area contributed by atoms with Crippen LogP contribution in [0.25, 0.3) is 0 Å². The van der Waals surface area contributed by atoms with E-state index in [9.17, 15) is 0 Å². The summed E-state index contributed by atoms with van der Waals surface area (Å²) in [6.07, 6.45) is 8.16. The van der Waals surface area contributed by atoms with E-state index in [-0.39, 0.29) is 0 Å². The molecule has 1 aliphatic carbocycles. The van der Waals surface area contributed by atoms with Gasteiger partial charge >= 0.3 is 0 Å². The van der Waals surface area contributed by atoms with Crippen molar-refractivity contribution < 1.29 is 0 Å². The molecule has 0 radical (unpaired) electrons. The third-order valence-electron chi connectivity index (χ3n) is 5.59. The van der Waals surface area contributed by atoms with E-state index in [1.54, 1.807) is 0 Å². The Labute approximate surface area is 132 Å². The second-order valence-corrected chi connectivity index (χ2v) is 8.18. The molecule has 1 aliphatic heterocycles. The molecule has 1 heterocycles. The van der Waals surface area contributed by atoms with E-state index < -0.39 is 0 Å². The molecule has 124 valence electrons. The van der Waals surface area contributed by atoms with Crippen LogP contribution in [-0.2, 0) is 0 Å². The van der Waals surface area contributed by atoms with Gasteiger partial charge in [0.05, 0.1) is 0 Å². The highest BCUT2D eigenvalue weighted by molar-refractivity contribution is 5.01. The Hall–Kier alpha value is -0.120. The standard InChI is InChI=1S/C18H37N3/c1-6-12-19-17-16(10-7-11-18(17,2)3)21-13-8-9-15(21)14-20(4)5/h15-17,19H,6-14H2,1-5H3. The summed E-state index contributed by atoms with van der Waals surface area (Å²) in [5.41, 5.74) is 0.434. The number of hydrogen-bond donors (Lipinski definition) is 1. The normalized spacial score (nSPS) is 33.7. The van der Waals surface area contributed by atoms with Crippen LogP contribution in [0.4, 0.5) is 0 Å². The first-order valence-electron chi connectivity index (χ1n) is 9.09. The molecular weight excluding hydrogens is 258 g/mol. The minimum absolute atomic E-state index is 0.434. The van der Waals surface area contributed by atoms with Gasteiger partial charge in [-0.3, -0.25) is 4.90 Å². The van der Waals surface area contributed by atoms with Crippen molar-refractivity contribution in [3.05, 3.63) is 0 Å². The number of nitrogens with zero attached hydrogens (tertiary/aromatic N) is 2. The predicted molar refractivity (Wildman–Crippen MR) is 91.8 cm³/mol. The summed E-state index contributed by atoms with van der Waals surface area (Å²) < 4.78 is 0. The molecule has 2 fully saturated rings. The van der Waals surface area contributed by atoms with Crippen LogP contribution >= 0.6 is 0 Å². The van der Waals surface area contributed by atoms with E-state index in [0.29, 0.717) is 11.5 Å². The molecule has 1 saturated heterocycles. The first-order valence-corrected chi connectivity index (χ1v) is 9.09. The fourth-order valence-corrected chi connectivity index (χ4v) is 4.59. The van der Waals surface area contributed by atoms with E-state index in [0.717, 1.165) is 18.6 Å². The monoisotopic (exact) mass is 295 g/mol. The predicted octanol–water partition coefficient (Wildman–Crippen LogP) is 2.96. The largest absolute Gasteiger partial charge is 0.312 e. The molecule has 21 heavy (non-hydrogen) atoms. The van der Waals surface area contributed by atoms with Crippen molar-refractivity contribution in [2.75, 3.05) is 33.7 Å². The zero-order valence-corrected chi connectivity index (χ0v) is 15.0. The number of hydrogen-bond acceptors (Lipinski definition) is 3. The quantitative estimate of drug-likeness (QED) is 0.813. The summed E-state index contributed by atoms with van der Waals surface area (Å²) in [5.74, 6) is 0. The van der Waals surface area contributed by atoms with E-state index in [1.807, 2.05) is 0 Å². The molecule has 0 aromatic carbocycles. The molecule has 3 unspecified atom stereocenters. The van der Waals surface area contributed by atoms with Gasteiger partial charge < -0.3 is 10.2 Å². The van der Waals surface area contributed by atoms with Crippen LogP contribution in [0, 0.1) is 5.41 Å². The van der Waals surface area contributed by atoms with E-state index in [4.69, 9.17) is 0 Å². The van der Waals surface area contributed by atoms with Gasteiger partial charge in [0.15, 0.2) is 0 Å². The first kappa shape index (κ1) is 17.2. The number of likely N-dealkylation sites (N-methyl/N-ethyl adjacent to an activating group) is 1. The molecular formula is C18H37N3. The molecule has 1 saturated carbocycles. The number of rotatable bonds is 6. The van der Waals surface area contributed by atoms with Crippen LogP contribution in [0.5, 0.6) is 0 Å². The van der Waals surface area contributed by atoms with E-state index in [2.05, 4.69) is 50.0 Å². The van der Waals surface area contributed by atoms with Gasteiger partial charge in [-0.05, 0) is 64.7 Å². The molecule has 3 atom stereocenters. The first-order chi connectivity index (χ1) is 9.95. The molecule has 0 amide bonds. The molecule has 2 aliphatic rings. The van der Waals surface area contributed by atoms with Crippen molar-refractivity contribution in [3.63, 3.8) is 0 Å². The lowest BCUT2D eigenvalue weighted by molar-refractivity contribution is 0.0355. The molecule has 0 spiro atoms. The van der Waals surface area contributed by atoms with Crippen LogP contribution in [0.2, 0.25) is 0 Å². The lowest BCUT2D eigenvalue weighted by Crippen LogP contribution is -2.60. The molecule has 0 bridgehead atoms. The minimum Gasteiger partial charge on any atom is -0.312 e. The second-order valence-electron chi connectivity index (χ2n) is 8.18. The number of likely N-dealkylation sites (tertiary alicyclic amines) is 1.